The standard InChI is InChI=1S/C18H20N2O4/c21-9-4-8-19-17(22)15-11-13-5-1-2-6-14(13)12-20(15)18(23)16-7-3-10-24-16/h1-3,5-7,10,15,21H,4,8-9,11-12H2,(H,19,22). The Hall–Kier alpha value is -2.60. The van der Waals surface area contributed by atoms with E-state index in [0.717, 1.165) is 11.1 Å². The van der Waals surface area contributed by atoms with Gasteiger partial charge in [-0.25, -0.2) is 0 Å². The minimum Gasteiger partial charge on any atom is -0.459 e. The number of benzene rings is 1. The minimum atomic E-state index is -0.587. The lowest BCUT2D eigenvalue weighted by atomic mass is 9.93. The van der Waals surface area contributed by atoms with Crippen molar-refractivity contribution < 1.29 is 19.1 Å². The van der Waals surface area contributed by atoms with E-state index in [4.69, 9.17) is 9.52 Å². The van der Waals surface area contributed by atoms with Crippen LogP contribution in [0.25, 0.3) is 0 Å². The van der Waals surface area contributed by atoms with Gasteiger partial charge in [-0.1, -0.05) is 24.3 Å². The number of amides is 2. The van der Waals surface area contributed by atoms with E-state index in [9.17, 15) is 9.59 Å². The fourth-order valence-corrected chi connectivity index (χ4v) is 2.92. The highest BCUT2D eigenvalue weighted by Gasteiger charge is 2.35. The molecule has 0 aliphatic carbocycles. The summed E-state index contributed by atoms with van der Waals surface area (Å²) in [5.74, 6) is -0.280. The fourth-order valence-electron chi connectivity index (χ4n) is 2.92. The van der Waals surface area contributed by atoms with E-state index in [0.29, 0.717) is 25.9 Å². The number of furan rings is 1. The highest BCUT2D eigenvalue weighted by molar-refractivity contribution is 5.96. The van der Waals surface area contributed by atoms with Gasteiger partial charge in [-0.05, 0) is 29.7 Å². The summed E-state index contributed by atoms with van der Waals surface area (Å²) < 4.78 is 5.21. The van der Waals surface area contributed by atoms with Crippen LogP contribution in [0.2, 0.25) is 0 Å². The monoisotopic (exact) mass is 328 g/mol. The summed E-state index contributed by atoms with van der Waals surface area (Å²) in [7, 11) is 0. The summed E-state index contributed by atoms with van der Waals surface area (Å²) in [6.45, 7) is 0.771. The van der Waals surface area contributed by atoms with Gasteiger partial charge in [0.15, 0.2) is 5.76 Å². The predicted molar refractivity (Wildman–Crippen MR) is 87.2 cm³/mol. The molecule has 1 atom stereocenters. The van der Waals surface area contributed by atoms with Crippen LogP contribution >= 0.6 is 0 Å². The third-order valence-corrected chi connectivity index (χ3v) is 4.18. The van der Waals surface area contributed by atoms with Gasteiger partial charge >= 0.3 is 0 Å². The lowest BCUT2D eigenvalue weighted by Gasteiger charge is -2.35. The van der Waals surface area contributed by atoms with E-state index in [1.165, 1.54) is 6.26 Å². The molecule has 2 aromatic rings. The van der Waals surface area contributed by atoms with Gasteiger partial charge in [0.2, 0.25) is 5.91 Å². The highest BCUT2D eigenvalue weighted by Crippen LogP contribution is 2.25. The van der Waals surface area contributed by atoms with E-state index < -0.39 is 6.04 Å². The smallest absolute Gasteiger partial charge is 0.290 e. The minimum absolute atomic E-state index is 0.0167. The van der Waals surface area contributed by atoms with Crippen molar-refractivity contribution in [2.45, 2.75) is 25.4 Å². The number of carbonyl (C=O) groups excluding carboxylic acids is 2. The molecule has 0 spiro atoms. The normalized spacial score (nSPS) is 16.5. The molecule has 3 rings (SSSR count). The molecule has 2 heterocycles. The van der Waals surface area contributed by atoms with Gasteiger partial charge in [-0.2, -0.15) is 0 Å². The third-order valence-electron chi connectivity index (χ3n) is 4.18. The van der Waals surface area contributed by atoms with Crippen LogP contribution in [0.1, 0.15) is 28.1 Å². The molecule has 1 aromatic carbocycles. The molecule has 0 bridgehead atoms. The lowest BCUT2D eigenvalue weighted by molar-refractivity contribution is -0.126. The maximum absolute atomic E-state index is 12.7. The Morgan fingerprint density at radius 3 is 2.71 bits per heavy atom. The molecule has 6 nitrogen and oxygen atoms in total. The van der Waals surface area contributed by atoms with Crippen LogP contribution in [0.15, 0.2) is 47.1 Å². The molecule has 1 aliphatic rings. The summed E-state index contributed by atoms with van der Waals surface area (Å²) in [4.78, 5) is 26.8. The number of hydrogen-bond donors (Lipinski definition) is 2. The highest BCUT2D eigenvalue weighted by atomic mass is 16.3. The molecule has 126 valence electrons. The SMILES string of the molecule is O=C(NCCCO)C1Cc2ccccc2CN1C(=O)c1ccco1. The van der Waals surface area contributed by atoms with Gasteiger partial charge in [-0.3, -0.25) is 9.59 Å². The second-order valence-corrected chi connectivity index (χ2v) is 5.77. The zero-order valence-corrected chi connectivity index (χ0v) is 13.3. The first-order chi connectivity index (χ1) is 11.7. The molecule has 1 unspecified atom stereocenters. The predicted octanol–water partition coefficient (Wildman–Crippen LogP) is 1.35. The number of rotatable bonds is 5. The second kappa shape index (κ2) is 7.31. The molecule has 0 fully saturated rings. The van der Waals surface area contributed by atoms with Gasteiger partial charge in [0.25, 0.3) is 5.91 Å². The van der Waals surface area contributed by atoms with Crippen molar-refractivity contribution in [3.05, 3.63) is 59.5 Å². The summed E-state index contributed by atoms with van der Waals surface area (Å²) in [5, 5.41) is 11.6. The number of carbonyl (C=O) groups is 2. The Morgan fingerprint density at radius 1 is 1.21 bits per heavy atom. The second-order valence-electron chi connectivity index (χ2n) is 5.77. The fraction of sp³-hybridized carbons (Fsp3) is 0.333. The molecule has 0 saturated heterocycles. The Morgan fingerprint density at radius 2 is 2.00 bits per heavy atom. The molecule has 0 saturated carbocycles. The van der Waals surface area contributed by atoms with E-state index in [2.05, 4.69) is 5.32 Å². The molecule has 1 aromatic heterocycles. The van der Waals surface area contributed by atoms with Gasteiger partial charge < -0.3 is 19.7 Å². The van der Waals surface area contributed by atoms with Crippen LogP contribution < -0.4 is 5.32 Å². The summed E-state index contributed by atoms with van der Waals surface area (Å²) in [6.07, 6.45) is 2.40. The van der Waals surface area contributed by atoms with Crippen molar-refractivity contribution in [3.63, 3.8) is 0 Å². The first-order valence-electron chi connectivity index (χ1n) is 8.00. The van der Waals surface area contributed by atoms with Crippen molar-refractivity contribution in [2.24, 2.45) is 0 Å². The van der Waals surface area contributed by atoms with Crippen LogP contribution in [-0.2, 0) is 17.8 Å². The number of nitrogens with zero attached hydrogens (tertiary/aromatic N) is 1. The van der Waals surface area contributed by atoms with Crippen LogP contribution in [0.4, 0.5) is 0 Å². The Kier molecular flexibility index (Phi) is 4.96. The van der Waals surface area contributed by atoms with E-state index >= 15 is 0 Å². The quantitative estimate of drug-likeness (QED) is 0.812. The van der Waals surface area contributed by atoms with Crippen molar-refractivity contribution in [2.75, 3.05) is 13.2 Å². The number of hydrogen-bond acceptors (Lipinski definition) is 4. The van der Waals surface area contributed by atoms with Gasteiger partial charge in [0, 0.05) is 26.1 Å². The number of fused-ring (bicyclic) bond motifs is 1. The van der Waals surface area contributed by atoms with Crippen LogP contribution in [0, 0.1) is 0 Å². The summed E-state index contributed by atoms with van der Waals surface area (Å²) >= 11 is 0. The first-order valence-corrected chi connectivity index (χ1v) is 8.00. The Labute approximate surface area is 140 Å². The third kappa shape index (κ3) is 3.33. The lowest BCUT2D eigenvalue weighted by Crippen LogP contribution is -2.52. The van der Waals surface area contributed by atoms with E-state index in [1.54, 1.807) is 17.0 Å². The molecule has 1 aliphatic heterocycles. The largest absolute Gasteiger partial charge is 0.459 e. The zero-order valence-electron chi connectivity index (χ0n) is 13.3. The molecular weight excluding hydrogens is 308 g/mol. The average molecular weight is 328 g/mol. The number of aliphatic hydroxyl groups is 1. The maximum atomic E-state index is 12.7. The average Bonchev–Trinajstić information content (AvgIpc) is 3.14. The molecule has 6 heteroatoms. The van der Waals surface area contributed by atoms with Crippen molar-refractivity contribution in [3.8, 4) is 0 Å². The van der Waals surface area contributed by atoms with Crippen molar-refractivity contribution in [1.29, 1.82) is 0 Å². The van der Waals surface area contributed by atoms with E-state index in [-0.39, 0.29) is 24.2 Å². The Bertz CT molecular complexity index is 712. The molecule has 2 N–H and O–H groups in total. The first kappa shape index (κ1) is 16.3. The molecule has 2 amide bonds. The van der Waals surface area contributed by atoms with E-state index in [1.807, 2.05) is 24.3 Å². The van der Waals surface area contributed by atoms with Crippen LogP contribution in [0.3, 0.4) is 0 Å². The topological polar surface area (TPSA) is 82.8 Å². The summed E-state index contributed by atoms with van der Waals surface area (Å²) in [5.41, 5.74) is 2.11. The van der Waals surface area contributed by atoms with Gasteiger partial charge in [-0.15, -0.1) is 0 Å². The van der Waals surface area contributed by atoms with Gasteiger partial charge in [0.05, 0.1) is 6.26 Å². The maximum Gasteiger partial charge on any atom is 0.290 e. The molecule has 0 radical (unpaired) electrons. The summed E-state index contributed by atoms with van der Waals surface area (Å²) in [6, 6.07) is 10.5. The number of nitrogens with one attached hydrogen (secondary N) is 1. The Balaban J connectivity index is 1.84. The molecular formula is C18H20N2O4. The zero-order chi connectivity index (χ0) is 16.9. The van der Waals surface area contributed by atoms with Crippen LogP contribution in [-0.4, -0.2) is 41.0 Å². The number of aliphatic hydroxyl groups excluding tert-OH is 1. The van der Waals surface area contributed by atoms with Crippen LogP contribution in [0.5, 0.6) is 0 Å². The van der Waals surface area contributed by atoms with Gasteiger partial charge in [0.1, 0.15) is 6.04 Å². The van der Waals surface area contributed by atoms with Crippen molar-refractivity contribution in [1.82, 2.24) is 10.2 Å². The molecule has 24 heavy (non-hydrogen) atoms. The van der Waals surface area contributed by atoms with Crippen molar-refractivity contribution >= 4 is 11.8 Å².